The molecule has 1 aromatic carbocycles. The fraction of sp³-hybridized carbons (Fsp3) is 0.684. The second-order valence-corrected chi connectivity index (χ2v) is 6.30. The summed E-state index contributed by atoms with van der Waals surface area (Å²) in [5.41, 5.74) is 1.30. The average molecular weight is 289 g/mol. The summed E-state index contributed by atoms with van der Waals surface area (Å²) in [6, 6.07) is 8.46. The molecule has 0 saturated heterocycles. The van der Waals surface area contributed by atoms with E-state index in [-0.39, 0.29) is 0 Å². The van der Waals surface area contributed by atoms with E-state index in [0.717, 1.165) is 37.8 Å². The van der Waals surface area contributed by atoms with Gasteiger partial charge in [0.05, 0.1) is 6.61 Å². The summed E-state index contributed by atoms with van der Waals surface area (Å²) in [6.07, 6.45) is 10.7. The lowest BCUT2D eigenvalue weighted by molar-refractivity contribution is 0.301. The molecule has 21 heavy (non-hydrogen) atoms. The van der Waals surface area contributed by atoms with Gasteiger partial charge in [-0.1, -0.05) is 57.2 Å². The number of benzene rings is 1. The summed E-state index contributed by atoms with van der Waals surface area (Å²) < 4.78 is 5.94. The number of hydrogen-bond acceptors (Lipinski definition) is 2. The molecule has 0 spiro atoms. The van der Waals surface area contributed by atoms with E-state index in [0.29, 0.717) is 0 Å². The fourth-order valence-corrected chi connectivity index (χ4v) is 3.13. The van der Waals surface area contributed by atoms with Crippen LogP contribution < -0.4 is 10.1 Å². The minimum atomic E-state index is 0.841. The summed E-state index contributed by atoms with van der Waals surface area (Å²) in [5.74, 6) is 1.95. The van der Waals surface area contributed by atoms with E-state index < -0.39 is 0 Å². The average Bonchev–Trinajstić information content (AvgIpc) is 2.54. The molecule has 1 aromatic rings. The third-order valence-corrected chi connectivity index (χ3v) is 4.45. The number of unbranched alkanes of at least 4 members (excludes halogenated alkanes) is 2. The van der Waals surface area contributed by atoms with Gasteiger partial charge in [0.15, 0.2) is 0 Å². The molecule has 1 N–H and O–H groups in total. The monoisotopic (exact) mass is 289 g/mol. The summed E-state index contributed by atoms with van der Waals surface area (Å²) in [4.78, 5) is 0. The Kier molecular flexibility index (Phi) is 7.66. The summed E-state index contributed by atoms with van der Waals surface area (Å²) in [5, 5.41) is 3.63. The Morgan fingerprint density at radius 3 is 2.71 bits per heavy atom. The van der Waals surface area contributed by atoms with E-state index in [1.807, 2.05) is 0 Å². The maximum atomic E-state index is 5.94. The predicted molar refractivity (Wildman–Crippen MR) is 89.7 cm³/mol. The highest BCUT2D eigenvalue weighted by molar-refractivity contribution is 5.33. The van der Waals surface area contributed by atoms with Crippen LogP contribution in [-0.2, 0) is 6.54 Å². The van der Waals surface area contributed by atoms with Crippen molar-refractivity contribution in [2.45, 2.75) is 64.8 Å². The smallest absolute Gasteiger partial charge is 0.123 e. The molecule has 1 aliphatic carbocycles. The van der Waals surface area contributed by atoms with Crippen LogP contribution in [-0.4, -0.2) is 13.2 Å². The molecule has 1 aliphatic rings. The summed E-state index contributed by atoms with van der Waals surface area (Å²) in [7, 11) is 0. The molecule has 2 heteroatoms. The molecule has 0 aromatic heterocycles. The standard InChI is InChI=1S/C19H31NO/c1-2-3-9-14-21-19-13-8-7-12-18(19)16-20-15-17-10-5-4-6-11-17/h7-8,12-13,17,20H,2-6,9-11,14-16H2,1H3. The SMILES string of the molecule is CCCCCOc1ccccc1CNCC1CCCCC1. The highest BCUT2D eigenvalue weighted by atomic mass is 16.5. The van der Waals surface area contributed by atoms with Crippen molar-refractivity contribution in [1.82, 2.24) is 5.32 Å². The first kappa shape index (κ1) is 16.4. The van der Waals surface area contributed by atoms with Gasteiger partial charge in [0.25, 0.3) is 0 Å². The molecule has 0 radical (unpaired) electrons. The van der Waals surface area contributed by atoms with Gasteiger partial charge in [0, 0.05) is 12.1 Å². The molecule has 0 unspecified atom stereocenters. The number of ether oxygens (including phenoxy) is 1. The van der Waals surface area contributed by atoms with Gasteiger partial charge in [0.2, 0.25) is 0 Å². The van der Waals surface area contributed by atoms with Crippen LogP contribution in [0.5, 0.6) is 5.75 Å². The van der Waals surface area contributed by atoms with Crippen molar-refractivity contribution in [3.63, 3.8) is 0 Å². The van der Waals surface area contributed by atoms with E-state index in [1.165, 1.54) is 50.5 Å². The lowest BCUT2D eigenvalue weighted by Gasteiger charge is -2.22. The number of hydrogen-bond donors (Lipinski definition) is 1. The lowest BCUT2D eigenvalue weighted by atomic mass is 9.89. The van der Waals surface area contributed by atoms with Crippen LogP contribution in [0.2, 0.25) is 0 Å². The van der Waals surface area contributed by atoms with Crippen molar-refractivity contribution in [3.05, 3.63) is 29.8 Å². The van der Waals surface area contributed by atoms with Crippen molar-refractivity contribution in [1.29, 1.82) is 0 Å². The number of para-hydroxylation sites is 1. The van der Waals surface area contributed by atoms with Crippen molar-refractivity contribution < 1.29 is 4.74 Å². The number of rotatable bonds is 9. The third-order valence-electron chi connectivity index (χ3n) is 4.45. The highest BCUT2D eigenvalue weighted by Gasteiger charge is 2.13. The first-order chi connectivity index (χ1) is 10.4. The molecule has 0 bridgehead atoms. The van der Waals surface area contributed by atoms with E-state index in [9.17, 15) is 0 Å². The second kappa shape index (κ2) is 9.83. The zero-order chi connectivity index (χ0) is 14.8. The molecule has 118 valence electrons. The Hall–Kier alpha value is -1.02. The van der Waals surface area contributed by atoms with Crippen LogP contribution in [0.15, 0.2) is 24.3 Å². The Morgan fingerprint density at radius 1 is 1.10 bits per heavy atom. The molecule has 1 saturated carbocycles. The Bertz CT molecular complexity index is 385. The normalized spacial score (nSPS) is 16.0. The number of nitrogens with one attached hydrogen (secondary N) is 1. The van der Waals surface area contributed by atoms with E-state index in [1.54, 1.807) is 0 Å². The topological polar surface area (TPSA) is 21.3 Å². The Labute approximate surface area is 130 Å². The van der Waals surface area contributed by atoms with Crippen LogP contribution in [0.25, 0.3) is 0 Å². The highest BCUT2D eigenvalue weighted by Crippen LogP contribution is 2.23. The van der Waals surface area contributed by atoms with Gasteiger partial charge in [-0.3, -0.25) is 0 Å². The third kappa shape index (κ3) is 6.09. The van der Waals surface area contributed by atoms with E-state index in [2.05, 4.69) is 36.5 Å². The molecular formula is C19H31NO. The largest absolute Gasteiger partial charge is 0.493 e. The van der Waals surface area contributed by atoms with Crippen LogP contribution >= 0.6 is 0 Å². The van der Waals surface area contributed by atoms with Gasteiger partial charge in [-0.2, -0.15) is 0 Å². The van der Waals surface area contributed by atoms with E-state index >= 15 is 0 Å². The Morgan fingerprint density at radius 2 is 1.90 bits per heavy atom. The Balaban J connectivity index is 1.73. The summed E-state index contributed by atoms with van der Waals surface area (Å²) in [6.45, 7) is 5.15. The van der Waals surface area contributed by atoms with E-state index in [4.69, 9.17) is 4.74 Å². The van der Waals surface area contributed by atoms with Crippen LogP contribution in [0, 0.1) is 5.92 Å². The van der Waals surface area contributed by atoms with Crippen LogP contribution in [0.1, 0.15) is 63.9 Å². The first-order valence-corrected chi connectivity index (χ1v) is 8.81. The minimum absolute atomic E-state index is 0.841. The van der Waals surface area contributed by atoms with Gasteiger partial charge in [-0.25, -0.2) is 0 Å². The molecule has 0 aliphatic heterocycles. The molecule has 2 rings (SSSR count). The van der Waals surface area contributed by atoms with Gasteiger partial charge >= 0.3 is 0 Å². The van der Waals surface area contributed by atoms with Crippen molar-refractivity contribution >= 4 is 0 Å². The van der Waals surface area contributed by atoms with Gasteiger partial charge in [-0.05, 0) is 37.8 Å². The van der Waals surface area contributed by atoms with Crippen LogP contribution in [0.4, 0.5) is 0 Å². The molecular weight excluding hydrogens is 258 g/mol. The fourth-order valence-electron chi connectivity index (χ4n) is 3.13. The second-order valence-electron chi connectivity index (χ2n) is 6.30. The zero-order valence-corrected chi connectivity index (χ0v) is 13.6. The van der Waals surface area contributed by atoms with Crippen molar-refractivity contribution in [2.24, 2.45) is 5.92 Å². The molecule has 1 fully saturated rings. The van der Waals surface area contributed by atoms with Gasteiger partial charge < -0.3 is 10.1 Å². The lowest BCUT2D eigenvalue weighted by Crippen LogP contribution is -2.24. The predicted octanol–water partition coefficient (Wildman–Crippen LogP) is 4.93. The molecule has 0 atom stereocenters. The van der Waals surface area contributed by atoms with Gasteiger partial charge in [0.1, 0.15) is 5.75 Å². The maximum absolute atomic E-state index is 5.94. The van der Waals surface area contributed by atoms with Crippen molar-refractivity contribution in [3.8, 4) is 5.75 Å². The maximum Gasteiger partial charge on any atom is 0.123 e. The molecule has 0 amide bonds. The minimum Gasteiger partial charge on any atom is -0.493 e. The first-order valence-electron chi connectivity index (χ1n) is 8.81. The zero-order valence-electron chi connectivity index (χ0n) is 13.6. The van der Waals surface area contributed by atoms with Crippen molar-refractivity contribution in [2.75, 3.05) is 13.2 Å². The quantitative estimate of drug-likeness (QED) is 0.651. The molecule has 0 heterocycles. The van der Waals surface area contributed by atoms with Crippen LogP contribution in [0.3, 0.4) is 0 Å². The molecule has 2 nitrogen and oxygen atoms in total. The summed E-state index contributed by atoms with van der Waals surface area (Å²) >= 11 is 0. The van der Waals surface area contributed by atoms with Gasteiger partial charge in [-0.15, -0.1) is 0 Å².